The highest BCUT2D eigenvalue weighted by Crippen LogP contribution is 2.35. The highest BCUT2D eigenvalue weighted by Gasteiger charge is 2.38. The van der Waals surface area contributed by atoms with Crippen molar-refractivity contribution in [3.05, 3.63) is 71.9 Å². The molecule has 0 unspecified atom stereocenters. The molecule has 0 saturated heterocycles. The van der Waals surface area contributed by atoms with Crippen LogP contribution >= 0.6 is 12.2 Å². The zero-order valence-electron chi connectivity index (χ0n) is 23.2. The number of rotatable bonds is 13. The fourth-order valence-electron chi connectivity index (χ4n) is 3.95. The van der Waals surface area contributed by atoms with Gasteiger partial charge in [-0.2, -0.15) is 18.4 Å². The molecule has 0 N–H and O–H groups in total. The second-order valence-electron chi connectivity index (χ2n) is 9.59. The zero-order valence-corrected chi connectivity index (χ0v) is 24.0. The Balaban J connectivity index is 1.72. The van der Waals surface area contributed by atoms with Crippen LogP contribution in [0.5, 0.6) is 5.88 Å². The Kier molecular flexibility index (Phi) is 10.7. The van der Waals surface area contributed by atoms with Crippen LogP contribution in [0.1, 0.15) is 31.4 Å². The van der Waals surface area contributed by atoms with Crippen LogP contribution in [0.3, 0.4) is 0 Å². The number of amides is 1. The number of anilines is 2. The maximum atomic E-state index is 13.6. The molecule has 0 fully saturated rings. The Hall–Kier alpha value is -4.34. The highest BCUT2D eigenvalue weighted by molar-refractivity contribution is 7.79. The van der Waals surface area contributed by atoms with E-state index in [2.05, 4.69) is 4.98 Å². The number of nitrogens with zero attached hydrogens (tertiary/aromatic N) is 4. The van der Waals surface area contributed by atoms with Crippen LogP contribution in [0.4, 0.5) is 24.5 Å². The largest absolute Gasteiger partial charge is 0.475 e. The summed E-state index contributed by atoms with van der Waals surface area (Å²) in [7, 11) is 1.70. The molecular weight excluding hydrogens is 569 g/mol. The van der Waals surface area contributed by atoms with Crippen molar-refractivity contribution in [3.63, 3.8) is 0 Å². The quantitative estimate of drug-likeness (QED) is 0.138. The number of hydrogen-bond acceptors (Lipinski definition) is 8. The first-order chi connectivity index (χ1) is 19.9. The fourth-order valence-corrected chi connectivity index (χ4v) is 4.17. The number of pyridine rings is 1. The molecule has 2 aromatic carbocycles. The zero-order chi connectivity index (χ0) is 30.9. The number of thiocarbonyl (C=S) groups is 1. The molecule has 3 aromatic rings. The van der Waals surface area contributed by atoms with Gasteiger partial charge in [-0.15, -0.1) is 0 Å². The Labute approximate surface area is 247 Å². The molecule has 3 rings (SSSR count). The van der Waals surface area contributed by atoms with Crippen molar-refractivity contribution < 1.29 is 32.2 Å². The Morgan fingerprint density at radius 2 is 1.69 bits per heavy atom. The number of benzene rings is 2. The van der Waals surface area contributed by atoms with Gasteiger partial charge in [-0.3, -0.25) is 9.69 Å². The Morgan fingerprint density at radius 1 is 1.02 bits per heavy atom. The number of nitriles is 1. The van der Waals surface area contributed by atoms with E-state index >= 15 is 0 Å². The molecule has 0 spiro atoms. The summed E-state index contributed by atoms with van der Waals surface area (Å²) < 4.78 is 51.3. The Morgan fingerprint density at radius 3 is 2.26 bits per heavy atom. The van der Waals surface area contributed by atoms with Crippen molar-refractivity contribution in [2.24, 2.45) is 0 Å². The van der Waals surface area contributed by atoms with Crippen molar-refractivity contribution in [2.45, 2.75) is 32.0 Å². The van der Waals surface area contributed by atoms with E-state index in [9.17, 15) is 22.8 Å². The van der Waals surface area contributed by atoms with Crippen LogP contribution in [0.25, 0.3) is 11.1 Å². The first-order valence-electron chi connectivity index (χ1n) is 12.8. The molecule has 8 nitrogen and oxygen atoms in total. The second kappa shape index (κ2) is 14.0. The monoisotopic (exact) mass is 598 g/mol. The summed E-state index contributed by atoms with van der Waals surface area (Å²) >= 11 is 5.01. The first-order valence-corrected chi connectivity index (χ1v) is 13.3. The number of carbonyl (C=O) groups excluding carboxylic acids is 2. The van der Waals surface area contributed by atoms with Crippen molar-refractivity contribution in [1.29, 1.82) is 5.26 Å². The number of ether oxygens (including phenoxy) is 2. The van der Waals surface area contributed by atoms with Gasteiger partial charge in [0, 0.05) is 42.7 Å². The van der Waals surface area contributed by atoms with Crippen LogP contribution in [0, 0.1) is 11.3 Å². The summed E-state index contributed by atoms with van der Waals surface area (Å²) in [5.41, 5.74) is 0.363. The molecule has 0 atom stereocenters. The maximum absolute atomic E-state index is 13.6. The molecule has 0 radical (unpaired) electrons. The number of aldehydes is 1. The highest BCUT2D eigenvalue weighted by atomic mass is 32.1. The maximum Gasteiger partial charge on any atom is 0.417 e. The van der Waals surface area contributed by atoms with Crippen LogP contribution in [-0.4, -0.2) is 55.1 Å². The number of alkyl halides is 3. The standard InChI is InChI=1S/C30H29F3N4O4S/c1-29(2,28(39)37(20-42)25-11-7-22(18-34)26(17-25)30(31,32)33)36(3)24-9-5-21(6-10-24)23-8-12-27(35-19-23)41-16-15-40-14-4-13-38/h5-13,17,19-20H,4,14-16H2,1-3H3. The van der Waals surface area contributed by atoms with Crippen molar-refractivity contribution in [1.82, 2.24) is 4.98 Å². The second-order valence-corrected chi connectivity index (χ2v) is 9.80. The third kappa shape index (κ3) is 7.69. The van der Waals surface area contributed by atoms with E-state index in [4.69, 9.17) is 27.0 Å². The lowest BCUT2D eigenvalue weighted by Gasteiger charge is -2.38. The van der Waals surface area contributed by atoms with Crippen molar-refractivity contribution >= 4 is 41.3 Å². The molecule has 0 aliphatic rings. The van der Waals surface area contributed by atoms with E-state index in [1.807, 2.05) is 30.3 Å². The molecule has 12 heteroatoms. The van der Waals surface area contributed by atoms with Crippen LogP contribution in [-0.2, 0) is 20.5 Å². The summed E-state index contributed by atoms with van der Waals surface area (Å²) in [5.74, 6) is -0.127. The molecule has 220 valence electrons. The van der Waals surface area contributed by atoms with Gasteiger partial charge in [0.2, 0.25) is 5.88 Å². The fraction of sp³-hybridized carbons (Fsp3) is 0.300. The topological polar surface area (TPSA) is 95.8 Å². The molecule has 42 heavy (non-hydrogen) atoms. The lowest BCUT2D eigenvalue weighted by Crippen LogP contribution is -2.55. The number of aromatic nitrogens is 1. The predicted octanol–water partition coefficient (Wildman–Crippen LogP) is 5.83. The van der Waals surface area contributed by atoms with Crippen LogP contribution in [0.15, 0.2) is 60.8 Å². The molecule has 1 aromatic heterocycles. The molecular formula is C30H29F3N4O4S. The predicted molar refractivity (Wildman–Crippen MR) is 156 cm³/mol. The van der Waals surface area contributed by atoms with Gasteiger partial charge in [0.15, 0.2) is 0 Å². The number of halogens is 3. The number of likely N-dealkylation sites (N-methyl/N-ethyl adjacent to an activating group) is 1. The smallest absolute Gasteiger partial charge is 0.417 e. The average molecular weight is 599 g/mol. The lowest BCUT2D eigenvalue weighted by atomic mass is 9.98. The normalized spacial score (nSPS) is 11.4. The van der Waals surface area contributed by atoms with Gasteiger partial charge >= 0.3 is 6.18 Å². The number of hydrogen-bond donors (Lipinski definition) is 0. The number of carbonyl (C=O) groups is 2. The first kappa shape index (κ1) is 32.2. The van der Waals surface area contributed by atoms with E-state index in [-0.39, 0.29) is 5.69 Å². The summed E-state index contributed by atoms with van der Waals surface area (Å²) in [6, 6.07) is 15.5. The van der Waals surface area contributed by atoms with Gasteiger partial charge in [0.05, 0.1) is 35.9 Å². The lowest BCUT2D eigenvalue weighted by molar-refractivity contribution is -0.137. The minimum Gasteiger partial charge on any atom is -0.475 e. The summed E-state index contributed by atoms with van der Waals surface area (Å²) in [4.78, 5) is 30.9. The summed E-state index contributed by atoms with van der Waals surface area (Å²) in [6.07, 6.45) is -1.98. The summed E-state index contributed by atoms with van der Waals surface area (Å²) in [5, 5.41) is 9.08. The van der Waals surface area contributed by atoms with E-state index < -0.39 is 28.7 Å². The van der Waals surface area contributed by atoms with Gasteiger partial charge < -0.3 is 19.2 Å². The van der Waals surface area contributed by atoms with Gasteiger partial charge in [-0.1, -0.05) is 24.4 Å². The molecule has 0 saturated carbocycles. The Bertz CT molecular complexity index is 1440. The van der Waals surface area contributed by atoms with Crippen molar-refractivity contribution in [2.75, 3.05) is 36.7 Å². The van der Waals surface area contributed by atoms with E-state index in [0.717, 1.165) is 39.9 Å². The van der Waals surface area contributed by atoms with Crippen molar-refractivity contribution in [3.8, 4) is 23.1 Å². The molecule has 1 heterocycles. The average Bonchev–Trinajstić information content (AvgIpc) is 2.98. The van der Waals surface area contributed by atoms with Gasteiger partial charge in [-0.25, -0.2) is 4.98 Å². The minimum absolute atomic E-state index is 0.0940. The molecule has 0 bridgehead atoms. The van der Waals surface area contributed by atoms with Gasteiger partial charge in [-0.05, 0) is 55.8 Å². The summed E-state index contributed by atoms with van der Waals surface area (Å²) in [6.45, 7) is 4.27. The van der Waals surface area contributed by atoms with Gasteiger partial charge in [0.25, 0.3) is 5.91 Å². The van der Waals surface area contributed by atoms with E-state index in [1.165, 1.54) is 12.1 Å². The van der Waals surface area contributed by atoms with E-state index in [0.29, 0.717) is 37.8 Å². The van der Waals surface area contributed by atoms with E-state index in [1.54, 1.807) is 38.1 Å². The van der Waals surface area contributed by atoms with Crippen LogP contribution in [0.2, 0.25) is 0 Å². The van der Waals surface area contributed by atoms with Gasteiger partial charge in [0.1, 0.15) is 18.4 Å². The third-order valence-corrected chi connectivity index (χ3v) is 6.79. The molecule has 0 aliphatic carbocycles. The molecule has 1 amide bonds. The SMILES string of the molecule is CN(c1ccc(-c2ccc(OCCOCCC=O)nc2)cc1)C(C)(C)C(=O)N(C=S)c1ccc(C#N)c(C(F)(F)F)c1. The molecule has 0 aliphatic heterocycles. The third-order valence-electron chi connectivity index (χ3n) is 6.58. The minimum atomic E-state index is -4.78. The van der Waals surface area contributed by atoms with Crippen LogP contribution < -0.4 is 14.5 Å².